The molecule has 1 amide bonds. The molecule has 1 unspecified atom stereocenters. The van der Waals surface area contributed by atoms with Crippen LogP contribution in [0.1, 0.15) is 47.5 Å². The summed E-state index contributed by atoms with van der Waals surface area (Å²) in [6.45, 7) is 12.9. The molecule has 0 spiro atoms. The van der Waals surface area contributed by atoms with E-state index < -0.39 is 0 Å². The first-order valence-corrected chi connectivity index (χ1v) is 12.2. The van der Waals surface area contributed by atoms with E-state index in [2.05, 4.69) is 17.1 Å². The zero-order valence-corrected chi connectivity index (χ0v) is 20.4. The quantitative estimate of drug-likeness (QED) is 0.470. The van der Waals surface area contributed by atoms with E-state index in [1.165, 1.54) is 11.8 Å². The van der Waals surface area contributed by atoms with Gasteiger partial charge < -0.3 is 23.5 Å². The maximum Gasteiger partial charge on any atom is 0.277 e. The number of thioether (sulfide) groups is 1. The van der Waals surface area contributed by atoms with E-state index in [0.717, 1.165) is 25.9 Å². The third kappa shape index (κ3) is 5.88. The van der Waals surface area contributed by atoms with E-state index in [9.17, 15) is 4.79 Å². The highest BCUT2D eigenvalue weighted by atomic mass is 32.2. The molecule has 2 aromatic rings. The summed E-state index contributed by atoms with van der Waals surface area (Å²) in [7, 11) is 0. The molecule has 9 heteroatoms. The SMILES string of the molecule is CCOc1cc(-c2nnc(SC(C)C(=O)N3CCC(C)CC3)o2)cc(OCC)c1OCC. The monoisotopic (exact) mass is 463 g/mol. The number of benzene rings is 1. The number of aromatic nitrogens is 2. The second-order valence-corrected chi connectivity index (χ2v) is 9.03. The maximum atomic E-state index is 12.8. The minimum absolute atomic E-state index is 0.111. The van der Waals surface area contributed by atoms with Crippen molar-refractivity contribution in [3.8, 4) is 28.7 Å². The van der Waals surface area contributed by atoms with Crippen LogP contribution < -0.4 is 14.2 Å². The lowest BCUT2D eigenvalue weighted by atomic mass is 9.99. The summed E-state index contributed by atoms with van der Waals surface area (Å²) in [4.78, 5) is 14.7. The second kappa shape index (κ2) is 11.4. The van der Waals surface area contributed by atoms with Gasteiger partial charge in [0.15, 0.2) is 11.5 Å². The van der Waals surface area contributed by atoms with Crippen LogP contribution in [0.2, 0.25) is 0 Å². The Morgan fingerprint density at radius 1 is 1.09 bits per heavy atom. The predicted octanol–water partition coefficient (Wildman–Crippen LogP) is 4.67. The number of nitrogens with zero attached hydrogens (tertiary/aromatic N) is 3. The second-order valence-electron chi connectivity index (χ2n) is 7.74. The van der Waals surface area contributed by atoms with Crippen molar-refractivity contribution in [2.45, 2.75) is 57.9 Å². The molecule has 3 rings (SSSR count). The summed E-state index contributed by atoms with van der Waals surface area (Å²) in [6.07, 6.45) is 2.10. The molecule has 2 heterocycles. The molecule has 0 radical (unpaired) electrons. The molecule has 176 valence electrons. The molecule has 32 heavy (non-hydrogen) atoms. The van der Waals surface area contributed by atoms with Gasteiger partial charge in [-0.05, 0) is 58.6 Å². The van der Waals surface area contributed by atoms with Gasteiger partial charge >= 0.3 is 0 Å². The number of hydrogen-bond donors (Lipinski definition) is 0. The number of carbonyl (C=O) groups is 1. The molecule has 1 saturated heterocycles. The Balaban J connectivity index is 1.77. The minimum atomic E-state index is -0.296. The highest BCUT2D eigenvalue weighted by Gasteiger charge is 2.27. The normalized spacial score (nSPS) is 15.5. The average molecular weight is 464 g/mol. The van der Waals surface area contributed by atoms with Gasteiger partial charge in [-0.3, -0.25) is 4.79 Å². The van der Waals surface area contributed by atoms with Crippen LogP contribution in [-0.2, 0) is 4.79 Å². The molecule has 0 bridgehead atoms. The zero-order chi connectivity index (χ0) is 23.1. The standard InChI is InChI=1S/C23H33N3O5S/c1-6-28-18-13-17(14-19(29-7-2)20(18)30-8-3)21-24-25-23(31-21)32-16(5)22(27)26-11-9-15(4)10-12-26/h13-16H,6-12H2,1-5H3. The van der Waals surface area contributed by atoms with E-state index in [0.29, 0.717) is 59.7 Å². The molecule has 1 fully saturated rings. The van der Waals surface area contributed by atoms with Gasteiger partial charge in [0.1, 0.15) is 0 Å². The Morgan fingerprint density at radius 2 is 1.69 bits per heavy atom. The summed E-state index contributed by atoms with van der Waals surface area (Å²) in [5, 5.41) is 8.39. The summed E-state index contributed by atoms with van der Waals surface area (Å²) in [5.41, 5.74) is 0.670. The third-order valence-electron chi connectivity index (χ3n) is 5.28. The van der Waals surface area contributed by atoms with Crippen LogP contribution >= 0.6 is 11.8 Å². The van der Waals surface area contributed by atoms with Gasteiger partial charge in [0.25, 0.3) is 5.22 Å². The molecular formula is C23H33N3O5S. The number of rotatable bonds is 10. The van der Waals surface area contributed by atoms with Crippen molar-refractivity contribution < 1.29 is 23.4 Å². The van der Waals surface area contributed by atoms with Crippen molar-refractivity contribution in [1.82, 2.24) is 15.1 Å². The Labute approximate surface area is 194 Å². The summed E-state index contributed by atoms with van der Waals surface area (Å²) < 4.78 is 23.2. The van der Waals surface area contributed by atoms with Crippen LogP contribution in [0.25, 0.3) is 11.5 Å². The molecule has 1 aliphatic rings. The van der Waals surface area contributed by atoms with Gasteiger partial charge in [0.05, 0.1) is 25.1 Å². The lowest BCUT2D eigenvalue weighted by Gasteiger charge is -2.31. The number of likely N-dealkylation sites (tertiary alicyclic amines) is 1. The largest absolute Gasteiger partial charge is 0.490 e. The Bertz CT molecular complexity index is 869. The fraction of sp³-hybridized carbons (Fsp3) is 0.609. The lowest BCUT2D eigenvalue weighted by molar-refractivity contribution is -0.131. The van der Waals surface area contributed by atoms with Crippen LogP contribution in [0, 0.1) is 5.92 Å². The van der Waals surface area contributed by atoms with E-state index in [4.69, 9.17) is 18.6 Å². The minimum Gasteiger partial charge on any atom is -0.490 e. The molecule has 0 saturated carbocycles. The predicted molar refractivity (Wildman–Crippen MR) is 124 cm³/mol. The molecule has 0 N–H and O–H groups in total. The van der Waals surface area contributed by atoms with Crippen molar-refractivity contribution in [2.24, 2.45) is 5.92 Å². The summed E-state index contributed by atoms with van der Waals surface area (Å²) >= 11 is 1.28. The van der Waals surface area contributed by atoms with Crippen LogP contribution in [0.15, 0.2) is 21.8 Å². The topological polar surface area (TPSA) is 86.9 Å². The average Bonchev–Trinajstić information content (AvgIpc) is 3.24. The van der Waals surface area contributed by atoms with Crippen molar-refractivity contribution >= 4 is 17.7 Å². The fourth-order valence-electron chi connectivity index (χ4n) is 3.57. The number of amides is 1. The highest BCUT2D eigenvalue weighted by molar-refractivity contribution is 8.00. The molecular weight excluding hydrogens is 430 g/mol. The first-order valence-electron chi connectivity index (χ1n) is 11.3. The Morgan fingerprint density at radius 3 is 2.25 bits per heavy atom. The Hall–Kier alpha value is -2.42. The van der Waals surface area contributed by atoms with Crippen molar-refractivity contribution in [2.75, 3.05) is 32.9 Å². The number of ether oxygens (including phenoxy) is 3. The van der Waals surface area contributed by atoms with Crippen molar-refractivity contribution in [3.63, 3.8) is 0 Å². The lowest BCUT2D eigenvalue weighted by Crippen LogP contribution is -2.41. The smallest absolute Gasteiger partial charge is 0.277 e. The number of hydrogen-bond acceptors (Lipinski definition) is 8. The number of piperidine rings is 1. The van der Waals surface area contributed by atoms with E-state index >= 15 is 0 Å². The van der Waals surface area contributed by atoms with Gasteiger partial charge in [-0.15, -0.1) is 10.2 Å². The van der Waals surface area contributed by atoms with Crippen molar-refractivity contribution in [1.29, 1.82) is 0 Å². The first kappa shape index (κ1) is 24.2. The molecule has 1 aliphatic heterocycles. The van der Waals surface area contributed by atoms with Gasteiger partial charge in [-0.2, -0.15) is 0 Å². The molecule has 0 aliphatic carbocycles. The van der Waals surface area contributed by atoms with Gasteiger partial charge in [0, 0.05) is 18.7 Å². The molecule has 1 atom stereocenters. The van der Waals surface area contributed by atoms with Gasteiger partial charge in [-0.25, -0.2) is 0 Å². The number of carbonyl (C=O) groups excluding carboxylic acids is 1. The molecule has 1 aromatic heterocycles. The van der Waals surface area contributed by atoms with E-state index in [1.54, 1.807) is 0 Å². The molecule has 8 nitrogen and oxygen atoms in total. The van der Waals surface area contributed by atoms with Gasteiger partial charge in [0.2, 0.25) is 17.5 Å². The van der Waals surface area contributed by atoms with E-state index in [1.807, 2.05) is 44.7 Å². The molecule has 1 aromatic carbocycles. The third-order valence-corrected chi connectivity index (χ3v) is 6.21. The highest BCUT2D eigenvalue weighted by Crippen LogP contribution is 2.42. The fourth-order valence-corrected chi connectivity index (χ4v) is 4.34. The van der Waals surface area contributed by atoms with Crippen LogP contribution in [0.4, 0.5) is 0 Å². The Kier molecular flexibility index (Phi) is 8.67. The van der Waals surface area contributed by atoms with Crippen LogP contribution in [-0.4, -0.2) is 59.2 Å². The first-order chi connectivity index (χ1) is 15.5. The van der Waals surface area contributed by atoms with E-state index in [-0.39, 0.29) is 11.2 Å². The zero-order valence-electron chi connectivity index (χ0n) is 19.6. The maximum absolute atomic E-state index is 12.8. The van der Waals surface area contributed by atoms with Crippen LogP contribution in [0.5, 0.6) is 17.2 Å². The van der Waals surface area contributed by atoms with Crippen molar-refractivity contribution in [3.05, 3.63) is 12.1 Å². The van der Waals surface area contributed by atoms with Crippen LogP contribution in [0.3, 0.4) is 0 Å². The summed E-state index contributed by atoms with van der Waals surface area (Å²) in [5.74, 6) is 2.81. The summed E-state index contributed by atoms with van der Waals surface area (Å²) in [6, 6.07) is 3.62. The van der Waals surface area contributed by atoms with Gasteiger partial charge in [-0.1, -0.05) is 18.7 Å².